The fourth-order valence-electron chi connectivity index (χ4n) is 3.49. The van der Waals surface area contributed by atoms with Gasteiger partial charge < -0.3 is 24.3 Å². The molecule has 0 aliphatic heterocycles. The molecule has 1 amide bonds. The van der Waals surface area contributed by atoms with Crippen LogP contribution in [0.25, 0.3) is 0 Å². The van der Waals surface area contributed by atoms with Gasteiger partial charge in [0.1, 0.15) is 12.2 Å². The van der Waals surface area contributed by atoms with E-state index in [1.165, 1.54) is 27.5 Å². The van der Waals surface area contributed by atoms with Crippen LogP contribution in [0.1, 0.15) is 41.6 Å². The van der Waals surface area contributed by atoms with Crippen LogP contribution in [0.15, 0.2) is 30.5 Å². The summed E-state index contributed by atoms with van der Waals surface area (Å²) in [5.41, 5.74) is 0.949. The highest BCUT2D eigenvalue weighted by Gasteiger charge is 2.25. The van der Waals surface area contributed by atoms with E-state index in [0.29, 0.717) is 34.3 Å². The molecule has 0 unspecified atom stereocenters. The quantitative estimate of drug-likeness (QED) is 0.747. The number of ether oxygens (including phenoxy) is 4. The molecule has 0 spiro atoms. The zero-order valence-corrected chi connectivity index (χ0v) is 17.3. The number of carbonyl (C=O) groups excluding carboxylic acids is 1. The van der Waals surface area contributed by atoms with E-state index in [2.05, 4.69) is 10.3 Å². The number of nitriles is 1. The fraction of sp³-hybridized carbons (Fsp3) is 0.409. The van der Waals surface area contributed by atoms with Crippen molar-refractivity contribution in [3.8, 4) is 29.2 Å². The standard InChI is InChI=1S/C22H25N3O5/c1-27-18-10-15(11-19(28-2)21(18)29-3)22(26)25-16-5-7-17(8-6-16)30-20-9-4-14(12-23)13-24-20/h4,9-11,13,16-17H,5-8H2,1-3H3,(H,25,26). The molecule has 0 radical (unpaired) electrons. The Balaban J connectivity index is 1.56. The molecular weight excluding hydrogens is 386 g/mol. The molecule has 0 saturated heterocycles. The van der Waals surface area contributed by atoms with Gasteiger partial charge in [-0.2, -0.15) is 5.26 Å². The third-order valence-corrected chi connectivity index (χ3v) is 5.09. The Morgan fingerprint density at radius 2 is 1.73 bits per heavy atom. The number of methoxy groups -OCH3 is 3. The molecule has 0 bridgehead atoms. The van der Waals surface area contributed by atoms with Crippen LogP contribution in [-0.2, 0) is 0 Å². The monoisotopic (exact) mass is 411 g/mol. The molecule has 1 aromatic heterocycles. The van der Waals surface area contributed by atoms with Gasteiger partial charge in [0.25, 0.3) is 5.91 Å². The van der Waals surface area contributed by atoms with Crippen molar-refractivity contribution >= 4 is 5.91 Å². The normalized spacial score (nSPS) is 18.1. The van der Waals surface area contributed by atoms with Crippen LogP contribution in [0, 0.1) is 11.3 Å². The van der Waals surface area contributed by atoms with Crippen molar-refractivity contribution in [1.29, 1.82) is 5.26 Å². The number of aromatic nitrogens is 1. The van der Waals surface area contributed by atoms with Crippen molar-refractivity contribution in [2.45, 2.75) is 37.8 Å². The topological polar surface area (TPSA) is 103 Å². The third-order valence-electron chi connectivity index (χ3n) is 5.09. The second-order valence-electron chi connectivity index (χ2n) is 6.98. The minimum absolute atomic E-state index is 0.0414. The molecule has 0 atom stereocenters. The molecule has 1 N–H and O–H groups in total. The summed E-state index contributed by atoms with van der Waals surface area (Å²) in [5, 5.41) is 11.9. The Morgan fingerprint density at radius 1 is 1.07 bits per heavy atom. The van der Waals surface area contributed by atoms with Gasteiger partial charge in [0, 0.05) is 23.9 Å². The summed E-state index contributed by atoms with van der Waals surface area (Å²) in [5.74, 6) is 1.65. The predicted octanol–water partition coefficient (Wildman–Crippen LogP) is 3.10. The van der Waals surface area contributed by atoms with E-state index in [0.717, 1.165) is 25.7 Å². The van der Waals surface area contributed by atoms with E-state index in [-0.39, 0.29) is 18.1 Å². The minimum Gasteiger partial charge on any atom is -0.493 e. The maximum Gasteiger partial charge on any atom is 0.251 e. The number of rotatable bonds is 7. The first-order valence-corrected chi connectivity index (χ1v) is 9.71. The third kappa shape index (κ3) is 4.92. The Labute approximate surface area is 175 Å². The number of hydrogen-bond acceptors (Lipinski definition) is 7. The van der Waals surface area contributed by atoms with E-state index >= 15 is 0 Å². The number of benzene rings is 1. The van der Waals surface area contributed by atoms with Gasteiger partial charge in [-0.1, -0.05) is 0 Å². The van der Waals surface area contributed by atoms with Gasteiger partial charge in [-0.3, -0.25) is 4.79 Å². The van der Waals surface area contributed by atoms with Crippen LogP contribution < -0.4 is 24.3 Å². The SMILES string of the molecule is COc1cc(C(=O)NC2CCC(Oc3ccc(C#N)cn3)CC2)cc(OC)c1OC. The molecule has 1 saturated carbocycles. The summed E-state index contributed by atoms with van der Waals surface area (Å²) in [7, 11) is 4.56. The molecule has 8 heteroatoms. The van der Waals surface area contributed by atoms with E-state index in [1.54, 1.807) is 24.3 Å². The smallest absolute Gasteiger partial charge is 0.251 e. The van der Waals surface area contributed by atoms with Crippen molar-refractivity contribution in [2.75, 3.05) is 21.3 Å². The highest BCUT2D eigenvalue weighted by Crippen LogP contribution is 2.38. The molecule has 30 heavy (non-hydrogen) atoms. The van der Waals surface area contributed by atoms with Crippen molar-refractivity contribution < 1.29 is 23.7 Å². The van der Waals surface area contributed by atoms with Gasteiger partial charge in [0.05, 0.1) is 26.9 Å². The summed E-state index contributed by atoms with van der Waals surface area (Å²) in [6, 6.07) is 8.77. The van der Waals surface area contributed by atoms with Crippen LogP contribution in [0.4, 0.5) is 0 Å². The maximum atomic E-state index is 12.8. The first-order valence-electron chi connectivity index (χ1n) is 9.71. The van der Waals surface area contributed by atoms with Crippen molar-refractivity contribution in [3.05, 3.63) is 41.6 Å². The zero-order valence-electron chi connectivity index (χ0n) is 17.3. The summed E-state index contributed by atoms with van der Waals surface area (Å²) in [6.07, 6.45) is 4.76. The van der Waals surface area contributed by atoms with Crippen LogP contribution in [0.2, 0.25) is 0 Å². The summed E-state index contributed by atoms with van der Waals surface area (Å²) in [6.45, 7) is 0. The Morgan fingerprint density at radius 3 is 2.23 bits per heavy atom. The Bertz CT molecular complexity index is 890. The summed E-state index contributed by atoms with van der Waals surface area (Å²) in [4.78, 5) is 16.9. The maximum absolute atomic E-state index is 12.8. The lowest BCUT2D eigenvalue weighted by Crippen LogP contribution is -2.39. The molecule has 158 valence electrons. The van der Waals surface area contributed by atoms with E-state index in [4.69, 9.17) is 24.2 Å². The van der Waals surface area contributed by atoms with Gasteiger partial charge in [0.2, 0.25) is 11.6 Å². The number of hydrogen-bond donors (Lipinski definition) is 1. The van der Waals surface area contributed by atoms with Crippen LogP contribution in [0.5, 0.6) is 23.1 Å². The first-order chi connectivity index (χ1) is 14.6. The number of amides is 1. The highest BCUT2D eigenvalue weighted by molar-refractivity contribution is 5.95. The molecule has 1 aliphatic carbocycles. The van der Waals surface area contributed by atoms with E-state index < -0.39 is 0 Å². The summed E-state index contributed by atoms with van der Waals surface area (Å²) >= 11 is 0. The van der Waals surface area contributed by atoms with Gasteiger partial charge in [-0.15, -0.1) is 0 Å². The molecule has 1 heterocycles. The number of carbonyl (C=O) groups is 1. The molecule has 2 aromatic rings. The van der Waals surface area contributed by atoms with Gasteiger partial charge in [0.15, 0.2) is 11.5 Å². The average molecular weight is 411 g/mol. The van der Waals surface area contributed by atoms with Crippen molar-refractivity contribution in [2.24, 2.45) is 0 Å². The summed E-state index contributed by atoms with van der Waals surface area (Å²) < 4.78 is 21.8. The molecule has 1 aliphatic rings. The number of pyridine rings is 1. The lowest BCUT2D eigenvalue weighted by molar-refractivity contribution is 0.0889. The van der Waals surface area contributed by atoms with Gasteiger partial charge >= 0.3 is 0 Å². The molecular formula is C22H25N3O5. The van der Waals surface area contributed by atoms with Crippen LogP contribution in [0.3, 0.4) is 0 Å². The minimum atomic E-state index is -0.188. The van der Waals surface area contributed by atoms with E-state index in [9.17, 15) is 4.79 Å². The molecule has 3 rings (SSSR count). The largest absolute Gasteiger partial charge is 0.493 e. The highest BCUT2D eigenvalue weighted by atomic mass is 16.5. The van der Waals surface area contributed by atoms with Gasteiger partial charge in [-0.05, 0) is 43.9 Å². The van der Waals surface area contributed by atoms with Crippen LogP contribution >= 0.6 is 0 Å². The average Bonchev–Trinajstić information content (AvgIpc) is 2.79. The zero-order chi connectivity index (χ0) is 21.5. The molecule has 8 nitrogen and oxygen atoms in total. The lowest BCUT2D eigenvalue weighted by atomic mass is 9.92. The van der Waals surface area contributed by atoms with E-state index in [1.807, 2.05) is 6.07 Å². The molecule has 1 fully saturated rings. The number of nitrogens with zero attached hydrogens (tertiary/aromatic N) is 2. The van der Waals surface area contributed by atoms with Crippen LogP contribution in [-0.4, -0.2) is 44.4 Å². The predicted molar refractivity (Wildman–Crippen MR) is 109 cm³/mol. The number of nitrogens with one attached hydrogen (secondary N) is 1. The van der Waals surface area contributed by atoms with Crippen molar-refractivity contribution in [1.82, 2.24) is 10.3 Å². The molecule has 1 aromatic carbocycles. The second-order valence-corrected chi connectivity index (χ2v) is 6.98. The Hall–Kier alpha value is -3.47. The first kappa shape index (κ1) is 21.2. The fourth-order valence-corrected chi connectivity index (χ4v) is 3.49. The van der Waals surface area contributed by atoms with Gasteiger partial charge in [-0.25, -0.2) is 4.98 Å². The lowest BCUT2D eigenvalue weighted by Gasteiger charge is -2.29. The Kier molecular flexibility index (Phi) is 6.96. The second kappa shape index (κ2) is 9.83. The van der Waals surface area contributed by atoms with Crippen molar-refractivity contribution in [3.63, 3.8) is 0 Å².